The predicted octanol–water partition coefficient (Wildman–Crippen LogP) is 5.31. The summed E-state index contributed by atoms with van der Waals surface area (Å²) in [5.41, 5.74) is 3.79. The van der Waals surface area contributed by atoms with Crippen LogP contribution < -0.4 is 5.32 Å². The SMILES string of the molecule is Cc1cc(-c2c(C(C)C)c(NCC(C)C(=O)O)nc3cc(O)ccc23)ccc1F. The lowest BCUT2D eigenvalue weighted by atomic mass is 9.89. The molecule has 0 aliphatic heterocycles. The number of aromatic nitrogens is 1. The van der Waals surface area contributed by atoms with Gasteiger partial charge in [0.2, 0.25) is 0 Å². The zero-order chi connectivity index (χ0) is 21.3. The highest BCUT2D eigenvalue weighted by Crippen LogP contribution is 2.40. The lowest BCUT2D eigenvalue weighted by Crippen LogP contribution is -2.21. The van der Waals surface area contributed by atoms with Gasteiger partial charge in [0.1, 0.15) is 17.4 Å². The number of anilines is 1. The van der Waals surface area contributed by atoms with Gasteiger partial charge in [-0.3, -0.25) is 4.79 Å². The second kappa shape index (κ2) is 8.07. The molecule has 0 amide bonds. The van der Waals surface area contributed by atoms with Gasteiger partial charge in [0.05, 0.1) is 11.4 Å². The first-order valence-electron chi connectivity index (χ1n) is 9.58. The van der Waals surface area contributed by atoms with E-state index in [1.165, 1.54) is 6.07 Å². The number of hydrogen-bond donors (Lipinski definition) is 3. The molecule has 0 fully saturated rings. The van der Waals surface area contributed by atoms with E-state index in [4.69, 9.17) is 0 Å². The van der Waals surface area contributed by atoms with E-state index in [1.807, 2.05) is 13.8 Å². The number of aryl methyl sites for hydroxylation is 1. The molecule has 0 radical (unpaired) electrons. The average Bonchev–Trinajstić information content (AvgIpc) is 2.66. The van der Waals surface area contributed by atoms with E-state index in [0.717, 1.165) is 22.1 Å². The van der Waals surface area contributed by atoms with Crippen LogP contribution in [0.5, 0.6) is 5.75 Å². The number of phenols is 1. The third kappa shape index (κ3) is 4.16. The monoisotopic (exact) mass is 396 g/mol. The third-order valence-corrected chi connectivity index (χ3v) is 5.03. The molecule has 3 aromatic rings. The number of benzene rings is 2. The molecule has 0 aliphatic rings. The highest BCUT2D eigenvalue weighted by atomic mass is 19.1. The summed E-state index contributed by atoms with van der Waals surface area (Å²) in [6, 6.07) is 9.97. The first-order valence-corrected chi connectivity index (χ1v) is 9.58. The number of phenolic OH excluding ortho intramolecular Hbond substituents is 1. The number of rotatable bonds is 6. The van der Waals surface area contributed by atoms with Crippen LogP contribution in [0, 0.1) is 18.7 Å². The molecule has 0 saturated heterocycles. The van der Waals surface area contributed by atoms with Gasteiger partial charge in [-0.25, -0.2) is 9.37 Å². The summed E-state index contributed by atoms with van der Waals surface area (Å²) >= 11 is 0. The second-order valence-corrected chi connectivity index (χ2v) is 7.69. The summed E-state index contributed by atoms with van der Waals surface area (Å²) in [6.07, 6.45) is 0. The van der Waals surface area contributed by atoms with Crippen LogP contribution in [0.2, 0.25) is 0 Å². The van der Waals surface area contributed by atoms with Crippen molar-refractivity contribution < 1.29 is 19.4 Å². The summed E-state index contributed by atoms with van der Waals surface area (Å²) < 4.78 is 13.9. The molecule has 3 rings (SSSR count). The number of carboxylic acid groups (broad SMARTS) is 1. The van der Waals surface area contributed by atoms with Crippen molar-refractivity contribution in [2.75, 3.05) is 11.9 Å². The van der Waals surface area contributed by atoms with Crippen LogP contribution in [0.15, 0.2) is 36.4 Å². The lowest BCUT2D eigenvalue weighted by Gasteiger charge is -2.22. The molecule has 2 aromatic carbocycles. The smallest absolute Gasteiger partial charge is 0.308 e. The van der Waals surface area contributed by atoms with E-state index in [1.54, 1.807) is 44.2 Å². The fourth-order valence-corrected chi connectivity index (χ4v) is 3.41. The maximum atomic E-state index is 13.9. The second-order valence-electron chi connectivity index (χ2n) is 7.69. The molecule has 1 heterocycles. The Bertz CT molecular complexity index is 1080. The van der Waals surface area contributed by atoms with Crippen LogP contribution in [-0.2, 0) is 4.79 Å². The Labute approximate surface area is 169 Å². The first-order chi connectivity index (χ1) is 13.7. The van der Waals surface area contributed by atoms with Crippen molar-refractivity contribution in [1.29, 1.82) is 0 Å². The largest absolute Gasteiger partial charge is 0.508 e. The third-order valence-electron chi connectivity index (χ3n) is 5.03. The first kappa shape index (κ1) is 20.6. The molecule has 1 atom stereocenters. The topological polar surface area (TPSA) is 82.5 Å². The Hall–Kier alpha value is -3.15. The van der Waals surface area contributed by atoms with Crippen molar-refractivity contribution in [1.82, 2.24) is 4.98 Å². The molecule has 0 aliphatic carbocycles. The van der Waals surface area contributed by atoms with Crippen molar-refractivity contribution in [3.8, 4) is 16.9 Å². The molecule has 5 nitrogen and oxygen atoms in total. The zero-order valence-corrected chi connectivity index (χ0v) is 17.0. The Kier molecular flexibility index (Phi) is 5.73. The van der Waals surface area contributed by atoms with Gasteiger partial charge in [-0.05, 0) is 53.8 Å². The van der Waals surface area contributed by atoms with Gasteiger partial charge in [0.25, 0.3) is 0 Å². The van der Waals surface area contributed by atoms with E-state index in [9.17, 15) is 19.4 Å². The number of fused-ring (bicyclic) bond motifs is 1. The average molecular weight is 396 g/mol. The Morgan fingerprint density at radius 1 is 1.17 bits per heavy atom. The maximum Gasteiger partial charge on any atom is 0.308 e. The number of aromatic hydroxyl groups is 1. The molecule has 3 N–H and O–H groups in total. The van der Waals surface area contributed by atoms with Gasteiger partial charge in [-0.1, -0.05) is 26.8 Å². The molecular weight excluding hydrogens is 371 g/mol. The number of pyridine rings is 1. The molecule has 6 heteroatoms. The highest BCUT2D eigenvalue weighted by molar-refractivity contribution is 5.99. The lowest BCUT2D eigenvalue weighted by molar-refractivity contribution is -0.140. The summed E-state index contributed by atoms with van der Waals surface area (Å²) in [5, 5.41) is 23.2. The van der Waals surface area contributed by atoms with Gasteiger partial charge in [0.15, 0.2) is 0 Å². The normalized spacial score (nSPS) is 12.3. The van der Waals surface area contributed by atoms with E-state index in [-0.39, 0.29) is 24.0 Å². The number of carboxylic acids is 1. The van der Waals surface area contributed by atoms with Gasteiger partial charge >= 0.3 is 5.97 Å². The minimum atomic E-state index is -0.892. The van der Waals surface area contributed by atoms with Crippen LogP contribution in [0.25, 0.3) is 22.0 Å². The van der Waals surface area contributed by atoms with E-state index in [0.29, 0.717) is 16.9 Å². The number of hydrogen-bond acceptors (Lipinski definition) is 4. The van der Waals surface area contributed by atoms with Gasteiger partial charge in [-0.2, -0.15) is 0 Å². The highest BCUT2D eigenvalue weighted by Gasteiger charge is 2.21. The van der Waals surface area contributed by atoms with Gasteiger partial charge < -0.3 is 15.5 Å². The fourth-order valence-electron chi connectivity index (χ4n) is 3.41. The van der Waals surface area contributed by atoms with Crippen LogP contribution in [0.4, 0.5) is 10.2 Å². The quantitative estimate of drug-likeness (QED) is 0.526. The molecule has 0 saturated carbocycles. The number of carbonyl (C=O) groups is 1. The number of nitrogens with one attached hydrogen (secondary N) is 1. The molecule has 29 heavy (non-hydrogen) atoms. The minimum absolute atomic E-state index is 0.0729. The van der Waals surface area contributed by atoms with E-state index >= 15 is 0 Å². The van der Waals surface area contributed by atoms with Gasteiger partial charge in [0, 0.05) is 23.6 Å². The minimum Gasteiger partial charge on any atom is -0.508 e. The van der Waals surface area contributed by atoms with E-state index < -0.39 is 11.9 Å². The summed E-state index contributed by atoms with van der Waals surface area (Å²) in [6.45, 7) is 7.64. The molecule has 0 spiro atoms. The van der Waals surface area contributed by atoms with Gasteiger partial charge in [-0.15, -0.1) is 0 Å². The molecule has 1 unspecified atom stereocenters. The Morgan fingerprint density at radius 2 is 1.90 bits per heavy atom. The molecule has 152 valence electrons. The number of nitrogens with zero attached hydrogens (tertiary/aromatic N) is 1. The molecule has 0 bridgehead atoms. The fraction of sp³-hybridized carbons (Fsp3) is 0.304. The van der Waals surface area contributed by atoms with Crippen LogP contribution in [-0.4, -0.2) is 27.7 Å². The molecule has 1 aromatic heterocycles. The van der Waals surface area contributed by atoms with Crippen molar-refractivity contribution >= 4 is 22.7 Å². The summed E-state index contributed by atoms with van der Waals surface area (Å²) in [5.74, 6) is -1.02. The summed E-state index contributed by atoms with van der Waals surface area (Å²) in [4.78, 5) is 15.9. The van der Waals surface area contributed by atoms with Crippen molar-refractivity contribution in [2.24, 2.45) is 5.92 Å². The standard InChI is InChI=1S/C23H25FN2O3/c1-12(2)20-21(15-5-8-18(24)13(3)9-15)17-7-6-16(27)10-19(17)26-22(20)25-11-14(4)23(28)29/h5-10,12,14,27H,11H2,1-4H3,(H,25,26)(H,28,29). The number of aliphatic carboxylic acids is 1. The number of halogens is 1. The van der Waals surface area contributed by atoms with E-state index in [2.05, 4.69) is 10.3 Å². The predicted molar refractivity (Wildman–Crippen MR) is 113 cm³/mol. The maximum absolute atomic E-state index is 13.9. The van der Waals surface area contributed by atoms with Crippen LogP contribution in [0.3, 0.4) is 0 Å². The summed E-state index contributed by atoms with van der Waals surface area (Å²) in [7, 11) is 0. The Balaban J connectivity index is 2.29. The van der Waals surface area contributed by atoms with Crippen LogP contribution >= 0.6 is 0 Å². The van der Waals surface area contributed by atoms with Crippen molar-refractivity contribution in [3.05, 3.63) is 53.3 Å². The Morgan fingerprint density at radius 3 is 2.52 bits per heavy atom. The van der Waals surface area contributed by atoms with Crippen LogP contribution in [0.1, 0.15) is 37.8 Å². The zero-order valence-electron chi connectivity index (χ0n) is 17.0. The molecular formula is C23H25FN2O3. The van der Waals surface area contributed by atoms with Crippen molar-refractivity contribution in [3.63, 3.8) is 0 Å². The van der Waals surface area contributed by atoms with Crippen molar-refractivity contribution in [2.45, 2.75) is 33.6 Å².